The van der Waals surface area contributed by atoms with Crippen LogP contribution in [-0.2, 0) is 6.42 Å². The van der Waals surface area contributed by atoms with Crippen LogP contribution >= 0.6 is 0 Å². The zero-order valence-corrected chi connectivity index (χ0v) is 7.54. The molecule has 0 amide bonds. The fourth-order valence-electron chi connectivity index (χ4n) is 1.20. The molecule has 2 heteroatoms. The molecular weight excluding hydrogens is 150 g/mol. The number of rotatable bonds is 2. The molecule has 0 saturated heterocycles. The van der Waals surface area contributed by atoms with Crippen LogP contribution in [-0.4, -0.2) is 5.11 Å². The third-order valence-electron chi connectivity index (χ3n) is 2.03. The maximum Gasteiger partial charge on any atom is 0.0762 e. The predicted octanol–water partition coefficient (Wildman–Crippen LogP) is 1.88. The standard InChI is InChI=1S/C10H15NO/c1-3-8-4-5-9(7(2)12)6-10(8)11/h4-7,12H,3,11H2,1-2H3. The third-order valence-corrected chi connectivity index (χ3v) is 2.03. The van der Waals surface area contributed by atoms with E-state index in [1.165, 1.54) is 0 Å². The summed E-state index contributed by atoms with van der Waals surface area (Å²) in [6.45, 7) is 3.80. The highest BCUT2D eigenvalue weighted by atomic mass is 16.3. The summed E-state index contributed by atoms with van der Waals surface area (Å²) in [4.78, 5) is 0. The molecule has 1 aromatic rings. The van der Waals surface area contributed by atoms with Crippen molar-refractivity contribution in [2.75, 3.05) is 5.73 Å². The lowest BCUT2D eigenvalue weighted by Crippen LogP contribution is -1.97. The van der Waals surface area contributed by atoms with Crippen molar-refractivity contribution in [3.63, 3.8) is 0 Å². The quantitative estimate of drug-likeness (QED) is 0.657. The van der Waals surface area contributed by atoms with Crippen LogP contribution in [0.3, 0.4) is 0 Å². The van der Waals surface area contributed by atoms with Crippen LogP contribution in [0, 0.1) is 0 Å². The van der Waals surface area contributed by atoms with Gasteiger partial charge in [-0.1, -0.05) is 19.1 Å². The second-order valence-corrected chi connectivity index (χ2v) is 2.99. The molecule has 1 aromatic carbocycles. The molecule has 2 nitrogen and oxygen atoms in total. The number of hydrogen-bond acceptors (Lipinski definition) is 2. The first kappa shape index (κ1) is 9.07. The molecule has 0 aromatic heterocycles. The van der Waals surface area contributed by atoms with Crippen LogP contribution in [0.5, 0.6) is 0 Å². The molecule has 0 heterocycles. The molecule has 3 N–H and O–H groups in total. The topological polar surface area (TPSA) is 46.2 Å². The lowest BCUT2D eigenvalue weighted by atomic mass is 10.0. The molecule has 0 radical (unpaired) electrons. The van der Waals surface area contributed by atoms with Crippen molar-refractivity contribution in [1.29, 1.82) is 0 Å². The van der Waals surface area contributed by atoms with Crippen molar-refractivity contribution in [1.82, 2.24) is 0 Å². The molecule has 0 saturated carbocycles. The highest BCUT2D eigenvalue weighted by molar-refractivity contribution is 5.49. The first-order valence-corrected chi connectivity index (χ1v) is 4.21. The molecule has 66 valence electrons. The summed E-state index contributed by atoms with van der Waals surface area (Å²) >= 11 is 0. The summed E-state index contributed by atoms with van der Waals surface area (Å²) in [6.07, 6.45) is 0.504. The number of nitrogen functional groups attached to an aromatic ring is 1. The van der Waals surface area contributed by atoms with E-state index in [4.69, 9.17) is 5.73 Å². The van der Waals surface area contributed by atoms with Gasteiger partial charge in [0.05, 0.1) is 6.10 Å². The van der Waals surface area contributed by atoms with Gasteiger partial charge in [-0.3, -0.25) is 0 Å². The maximum absolute atomic E-state index is 9.26. The van der Waals surface area contributed by atoms with Crippen molar-refractivity contribution >= 4 is 5.69 Å². The van der Waals surface area contributed by atoms with Crippen molar-refractivity contribution < 1.29 is 5.11 Å². The largest absolute Gasteiger partial charge is 0.398 e. The Hall–Kier alpha value is -1.02. The molecular formula is C10H15NO. The van der Waals surface area contributed by atoms with E-state index in [-0.39, 0.29) is 0 Å². The fraction of sp³-hybridized carbons (Fsp3) is 0.400. The average Bonchev–Trinajstić information content (AvgIpc) is 2.04. The number of hydrogen-bond donors (Lipinski definition) is 2. The van der Waals surface area contributed by atoms with E-state index in [1.54, 1.807) is 6.92 Å². The SMILES string of the molecule is CCc1ccc(C(C)O)cc1N. The molecule has 0 bridgehead atoms. The first-order valence-electron chi connectivity index (χ1n) is 4.21. The molecule has 0 aliphatic rings. The molecule has 1 unspecified atom stereocenters. The first-order chi connectivity index (χ1) is 5.65. The number of aliphatic hydroxyl groups excluding tert-OH is 1. The minimum Gasteiger partial charge on any atom is -0.398 e. The Labute approximate surface area is 73.0 Å². The number of anilines is 1. The normalized spacial score (nSPS) is 12.9. The Bertz CT molecular complexity index is 269. The Kier molecular flexibility index (Phi) is 2.71. The smallest absolute Gasteiger partial charge is 0.0762 e. The van der Waals surface area contributed by atoms with Crippen LogP contribution in [0.25, 0.3) is 0 Å². The van der Waals surface area contributed by atoms with Gasteiger partial charge in [0, 0.05) is 5.69 Å². The van der Waals surface area contributed by atoms with E-state index in [0.717, 1.165) is 23.2 Å². The van der Waals surface area contributed by atoms with Gasteiger partial charge in [0.1, 0.15) is 0 Å². The highest BCUT2D eigenvalue weighted by Gasteiger charge is 2.02. The monoisotopic (exact) mass is 165 g/mol. The van der Waals surface area contributed by atoms with Crippen LogP contribution in [0.4, 0.5) is 5.69 Å². The van der Waals surface area contributed by atoms with Gasteiger partial charge >= 0.3 is 0 Å². The molecule has 0 spiro atoms. The number of nitrogens with two attached hydrogens (primary N) is 1. The molecule has 0 fully saturated rings. The van der Waals surface area contributed by atoms with E-state index < -0.39 is 6.10 Å². The number of aryl methyl sites for hydroxylation is 1. The molecule has 0 aliphatic carbocycles. The lowest BCUT2D eigenvalue weighted by Gasteiger charge is -2.08. The van der Waals surface area contributed by atoms with E-state index in [2.05, 4.69) is 6.92 Å². The van der Waals surface area contributed by atoms with Crippen LogP contribution < -0.4 is 5.73 Å². The Morgan fingerprint density at radius 1 is 1.50 bits per heavy atom. The summed E-state index contributed by atoms with van der Waals surface area (Å²) in [7, 11) is 0. The second kappa shape index (κ2) is 3.59. The molecule has 1 rings (SSSR count). The van der Waals surface area contributed by atoms with Crippen molar-refractivity contribution in [2.45, 2.75) is 26.4 Å². The van der Waals surface area contributed by atoms with Crippen molar-refractivity contribution in [3.8, 4) is 0 Å². The van der Waals surface area contributed by atoms with Gasteiger partial charge in [-0.25, -0.2) is 0 Å². The zero-order valence-electron chi connectivity index (χ0n) is 7.54. The molecule has 1 atom stereocenters. The van der Waals surface area contributed by atoms with E-state index in [9.17, 15) is 5.11 Å². The van der Waals surface area contributed by atoms with Crippen LogP contribution in [0.1, 0.15) is 31.1 Å². The van der Waals surface area contributed by atoms with Gasteiger partial charge in [-0.05, 0) is 30.5 Å². The molecule has 12 heavy (non-hydrogen) atoms. The van der Waals surface area contributed by atoms with Crippen molar-refractivity contribution in [3.05, 3.63) is 29.3 Å². The number of aliphatic hydroxyl groups is 1. The van der Waals surface area contributed by atoms with Gasteiger partial charge in [0.2, 0.25) is 0 Å². The fourth-order valence-corrected chi connectivity index (χ4v) is 1.20. The van der Waals surface area contributed by atoms with Crippen molar-refractivity contribution in [2.24, 2.45) is 0 Å². The zero-order chi connectivity index (χ0) is 9.14. The van der Waals surface area contributed by atoms with Crippen LogP contribution in [0.2, 0.25) is 0 Å². The predicted molar refractivity (Wildman–Crippen MR) is 50.9 cm³/mol. The van der Waals surface area contributed by atoms with E-state index in [0.29, 0.717) is 0 Å². The van der Waals surface area contributed by atoms with Gasteiger partial charge < -0.3 is 10.8 Å². The second-order valence-electron chi connectivity index (χ2n) is 2.99. The van der Waals surface area contributed by atoms with Gasteiger partial charge in [0.15, 0.2) is 0 Å². The third kappa shape index (κ3) is 1.77. The summed E-state index contributed by atoms with van der Waals surface area (Å²) in [6, 6.07) is 5.72. The lowest BCUT2D eigenvalue weighted by molar-refractivity contribution is 0.199. The van der Waals surface area contributed by atoms with Crippen LogP contribution in [0.15, 0.2) is 18.2 Å². The summed E-state index contributed by atoms with van der Waals surface area (Å²) in [5, 5.41) is 9.26. The van der Waals surface area contributed by atoms with Gasteiger partial charge in [0.25, 0.3) is 0 Å². The van der Waals surface area contributed by atoms with E-state index in [1.807, 2.05) is 18.2 Å². The Balaban J connectivity index is 3.02. The Morgan fingerprint density at radius 3 is 2.58 bits per heavy atom. The number of benzene rings is 1. The average molecular weight is 165 g/mol. The summed E-state index contributed by atoms with van der Waals surface area (Å²) < 4.78 is 0. The minimum atomic E-state index is -0.432. The maximum atomic E-state index is 9.26. The van der Waals surface area contributed by atoms with Gasteiger partial charge in [-0.2, -0.15) is 0 Å². The highest BCUT2D eigenvalue weighted by Crippen LogP contribution is 2.19. The minimum absolute atomic E-state index is 0.432. The Morgan fingerprint density at radius 2 is 2.17 bits per heavy atom. The summed E-state index contributed by atoms with van der Waals surface area (Å²) in [5.41, 5.74) is 8.55. The molecule has 0 aliphatic heterocycles. The van der Waals surface area contributed by atoms with Gasteiger partial charge in [-0.15, -0.1) is 0 Å². The summed E-state index contributed by atoms with van der Waals surface area (Å²) in [5.74, 6) is 0. The van der Waals surface area contributed by atoms with E-state index >= 15 is 0 Å².